The number of nitrogens with zero attached hydrogens (tertiary/aromatic N) is 6. The predicted molar refractivity (Wildman–Crippen MR) is 104 cm³/mol. The molecule has 2 aromatic heterocycles. The molecule has 0 spiro atoms. The fourth-order valence-electron chi connectivity index (χ4n) is 4.09. The first-order valence-corrected chi connectivity index (χ1v) is 10.1. The van der Waals surface area contributed by atoms with Crippen LogP contribution in [-0.4, -0.2) is 69.9 Å². The van der Waals surface area contributed by atoms with E-state index in [2.05, 4.69) is 30.4 Å². The number of fused-ring (bicyclic) bond motifs is 1. The van der Waals surface area contributed by atoms with Gasteiger partial charge in [-0.25, -0.2) is 0 Å². The first kappa shape index (κ1) is 18.2. The Hall–Kier alpha value is -2.22. The summed E-state index contributed by atoms with van der Waals surface area (Å²) in [5.74, 6) is 2.04. The van der Waals surface area contributed by atoms with E-state index in [1.54, 1.807) is 4.52 Å². The van der Waals surface area contributed by atoms with Gasteiger partial charge in [-0.2, -0.15) is 4.52 Å². The smallest absolute Gasteiger partial charge is 0.223 e. The van der Waals surface area contributed by atoms with Crippen molar-refractivity contribution in [3.05, 3.63) is 18.0 Å². The van der Waals surface area contributed by atoms with Crippen LogP contribution in [0.2, 0.25) is 0 Å². The molecule has 0 aromatic carbocycles. The van der Waals surface area contributed by atoms with Gasteiger partial charge < -0.3 is 15.1 Å². The van der Waals surface area contributed by atoms with E-state index in [0.717, 1.165) is 56.3 Å². The van der Waals surface area contributed by atoms with Crippen LogP contribution in [-0.2, 0) is 4.79 Å². The molecule has 2 aromatic rings. The van der Waals surface area contributed by atoms with Crippen molar-refractivity contribution >= 4 is 17.4 Å². The van der Waals surface area contributed by atoms with Crippen LogP contribution in [0.25, 0.3) is 5.65 Å². The van der Waals surface area contributed by atoms with Crippen LogP contribution < -0.4 is 10.2 Å². The Kier molecular flexibility index (Phi) is 5.52. The lowest BCUT2D eigenvalue weighted by Crippen LogP contribution is -2.43. The molecule has 2 saturated heterocycles. The molecule has 2 aliphatic rings. The molecule has 0 atom stereocenters. The molecule has 8 nitrogen and oxygen atoms in total. The number of hydrogen-bond acceptors (Lipinski definition) is 6. The van der Waals surface area contributed by atoms with Crippen LogP contribution in [0.15, 0.2) is 12.1 Å². The predicted octanol–water partition coefficient (Wildman–Crippen LogP) is 1.25. The molecule has 0 bridgehead atoms. The van der Waals surface area contributed by atoms with Crippen molar-refractivity contribution in [3.8, 4) is 0 Å². The zero-order valence-electron chi connectivity index (χ0n) is 16.1. The molecular weight excluding hydrogens is 342 g/mol. The highest BCUT2D eigenvalue weighted by atomic mass is 16.1. The Balaban J connectivity index is 1.25. The van der Waals surface area contributed by atoms with Crippen LogP contribution in [0.3, 0.4) is 0 Å². The summed E-state index contributed by atoms with van der Waals surface area (Å²) in [6.45, 7) is 7.71. The number of likely N-dealkylation sites (tertiary alicyclic amines) is 1. The number of rotatable bonds is 5. The maximum atomic E-state index is 12.5. The standard InChI is InChI=1S/C19H29N7O/c1-15-21-22-17-5-6-18(23-26(15)17)25-12-7-16(8-13-25)19(27)20-9-14-24-10-3-2-4-11-24/h5-6,16H,2-4,7-14H2,1H3,(H,20,27). The summed E-state index contributed by atoms with van der Waals surface area (Å²) in [4.78, 5) is 17.2. The SMILES string of the molecule is Cc1nnc2ccc(N3CCC(C(=O)NCCN4CCCCC4)CC3)nn12. The van der Waals surface area contributed by atoms with Crippen molar-refractivity contribution in [3.63, 3.8) is 0 Å². The third kappa shape index (κ3) is 4.21. The van der Waals surface area contributed by atoms with E-state index in [-0.39, 0.29) is 11.8 Å². The second kappa shape index (κ2) is 8.21. The fraction of sp³-hybridized carbons (Fsp3) is 0.684. The Morgan fingerprint density at radius 3 is 2.67 bits per heavy atom. The Morgan fingerprint density at radius 2 is 1.89 bits per heavy atom. The molecule has 1 amide bonds. The van der Waals surface area contributed by atoms with Gasteiger partial charge in [0, 0.05) is 32.1 Å². The number of piperidine rings is 2. The third-order valence-corrected chi connectivity index (χ3v) is 5.77. The van der Waals surface area contributed by atoms with Crippen LogP contribution >= 0.6 is 0 Å². The van der Waals surface area contributed by atoms with Gasteiger partial charge in [-0.1, -0.05) is 6.42 Å². The maximum absolute atomic E-state index is 12.5. The van der Waals surface area contributed by atoms with E-state index in [4.69, 9.17) is 0 Å². The van der Waals surface area contributed by atoms with E-state index in [0.29, 0.717) is 0 Å². The average molecular weight is 371 g/mol. The maximum Gasteiger partial charge on any atom is 0.223 e. The number of carbonyl (C=O) groups excluding carboxylic acids is 1. The van der Waals surface area contributed by atoms with Crippen molar-refractivity contribution < 1.29 is 4.79 Å². The molecule has 0 saturated carbocycles. The fourth-order valence-corrected chi connectivity index (χ4v) is 4.09. The number of hydrogen-bond donors (Lipinski definition) is 1. The molecule has 27 heavy (non-hydrogen) atoms. The highest BCUT2D eigenvalue weighted by molar-refractivity contribution is 5.79. The summed E-state index contributed by atoms with van der Waals surface area (Å²) in [6, 6.07) is 3.93. The highest BCUT2D eigenvalue weighted by Gasteiger charge is 2.26. The van der Waals surface area contributed by atoms with Crippen molar-refractivity contribution in [2.24, 2.45) is 5.92 Å². The zero-order chi connectivity index (χ0) is 18.6. The summed E-state index contributed by atoms with van der Waals surface area (Å²) in [5, 5.41) is 15.9. The molecule has 4 rings (SSSR count). The molecule has 0 aliphatic carbocycles. The molecule has 8 heteroatoms. The number of anilines is 1. The number of nitrogens with one attached hydrogen (secondary N) is 1. The van der Waals surface area contributed by atoms with E-state index < -0.39 is 0 Å². The highest BCUT2D eigenvalue weighted by Crippen LogP contribution is 2.22. The molecule has 4 heterocycles. The second-order valence-corrected chi connectivity index (χ2v) is 7.66. The van der Waals surface area contributed by atoms with Gasteiger partial charge in [-0.15, -0.1) is 15.3 Å². The van der Waals surface area contributed by atoms with Gasteiger partial charge in [-0.05, 0) is 57.8 Å². The molecule has 2 fully saturated rings. The van der Waals surface area contributed by atoms with Gasteiger partial charge in [0.2, 0.25) is 5.91 Å². The van der Waals surface area contributed by atoms with Crippen LogP contribution in [0, 0.1) is 12.8 Å². The molecule has 0 radical (unpaired) electrons. The second-order valence-electron chi connectivity index (χ2n) is 7.66. The average Bonchev–Trinajstić information content (AvgIpc) is 3.09. The summed E-state index contributed by atoms with van der Waals surface area (Å²) in [7, 11) is 0. The van der Waals surface area contributed by atoms with Gasteiger partial charge >= 0.3 is 0 Å². The largest absolute Gasteiger partial charge is 0.355 e. The van der Waals surface area contributed by atoms with E-state index in [9.17, 15) is 4.79 Å². The summed E-state index contributed by atoms with van der Waals surface area (Å²) < 4.78 is 1.77. The first-order chi connectivity index (χ1) is 13.2. The van der Waals surface area contributed by atoms with Crippen molar-refractivity contribution in [1.82, 2.24) is 30.0 Å². The van der Waals surface area contributed by atoms with Gasteiger partial charge in [0.05, 0.1) is 0 Å². The summed E-state index contributed by atoms with van der Waals surface area (Å²) >= 11 is 0. The van der Waals surface area contributed by atoms with Gasteiger partial charge in [-0.3, -0.25) is 4.79 Å². The molecule has 2 aliphatic heterocycles. The van der Waals surface area contributed by atoms with Crippen molar-refractivity contribution in [1.29, 1.82) is 0 Å². The first-order valence-electron chi connectivity index (χ1n) is 10.1. The van der Waals surface area contributed by atoms with Crippen LogP contribution in [0.5, 0.6) is 0 Å². The monoisotopic (exact) mass is 371 g/mol. The van der Waals surface area contributed by atoms with Crippen LogP contribution in [0.1, 0.15) is 37.9 Å². The Bertz CT molecular complexity index is 775. The minimum Gasteiger partial charge on any atom is -0.355 e. The third-order valence-electron chi connectivity index (χ3n) is 5.77. The lowest BCUT2D eigenvalue weighted by atomic mass is 9.96. The lowest BCUT2D eigenvalue weighted by molar-refractivity contribution is -0.125. The van der Waals surface area contributed by atoms with E-state index in [1.807, 2.05) is 19.1 Å². The van der Waals surface area contributed by atoms with Gasteiger partial charge in [0.15, 0.2) is 11.5 Å². The normalized spacial score (nSPS) is 19.5. The Morgan fingerprint density at radius 1 is 1.11 bits per heavy atom. The van der Waals surface area contributed by atoms with Crippen molar-refractivity contribution in [2.45, 2.75) is 39.0 Å². The van der Waals surface area contributed by atoms with Gasteiger partial charge in [0.1, 0.15) is 5.82 Å². The minimum absolute atomic E-state index is 0.114. The minimum atomic E-state index is 0.114. The van der Waals surface area contributed by atoms with E-state index >= 15 is 0 Å². The zero-order valence-corrected chi connectivity index (χ0v) is 16.1. The molecule has 1 N–H and O–H groups in total. The molecule has 146 valence electrons. The van der Waals surface area contributed by atoms with Crippen LogP contribution in [0.4, 0.5) is 5.82 Å². The molecular formula is C19H29N7O. The van der Waals surface area contributed by atoms with Crippen molar-refractivity contribution in [2.75, 3.05) is 44.2 Å². The topological polar surface area (TPSA) is 78.7 Å². The lowest BCUT2D eigenvalue weighted by Gasteiger charge is -2.32. The number of aromatic nitrogens is 4. The number of carbonyl (C=O) groups is 1. The quantitative estimate of drug-likeness (QED) is 0.852. The Labute approximate surface area is 159 Å². The summed E-state index contributed by atoms with van der Waals surface area (Å²) in [5.41, 5.74) is 0.763. The van der Waals surface area contributed by atoms with Gasteiger partial charge in [0.25, 0.3) is 0 Å². The van der Waals surface area contributed by atoms with E-state index in [1.165, 1.54) is 32.4 Å². The number of aryl methyl sites for hydroxylation is 1. The number of amides is 1. The summed E-state index contributed by atoms with van der Waals surface area (Å²) in [6.07, 6.45) is 5.68. The molecule has 0 unspecified atom stereocenters.